The average Bonchev–Trinajstić information content (AvgIpc) is 2.30. The molecule has 1 rings (SSSR count). The van der Waals surface area contributed by atoms with E-state index in [0.717, 1.165) is 0 Å². The van der Waals surface area contributed by atoms with Crippen LogP contribution in [0.4, 0.5) is 0 Å². The molecular formula is C9H19N3. The summed E-state index contributed by atoms with van der Waals surface area (Å²) >= 11 is 0. The molecule has 0 amide bonds. The summed E-state index contributed by atoms with van der Waals surface area (Å²) in [6.45, 7) is 8.82. The first-order valence-electron chi connectivity index (χ1n) is 4.53. The number of allylic oxidation sites excluding steroid dienone is 2. The summed E-state index contributed by atoms with van der Waals surface area (Å²) in [6, 6.07) is 0. The molecule has 0 unspecified atom stereocenters. The third-order valence-corrected chi connectivity index (χ3v) is 2.12. The van der Waals surface area contributed by atoms with Gasteiger partial charge in [0.05, 0.1) is 11.4 Å². The minimum absolute atomic E-state index is 0.555. The standard InChI is InChI=1S/C9H19N3/c1-6(2)8-9(7(3)4)12(5)11-10-8/h6-7,10-11H,1-5H3. The number of hydrogen-bond acceptors (Lipinski definition) is 3. The Morgan fingerprint density at radius 3 is 2.00 bits per heavy atom. The van der Waals surface area contributed by atoms with Crippen LogP contribution in [0.1, 0.15) is 27.7 Å². The van der Waals surface area contributed by atoms with Gasteiger partial charge in [-0.15, -0.1) is 5.53 Å². The van der Waals surface area contributed by atoms with E-state index in [9.17, 15) is 0 Å². The summed E-state index contributed by atoms with van der Waals surface area (Å²) in [4.78, 5) is 0. The van der Waals surface area contributed by atoms with Crippen molar-refractivity contribution in [2.45, 2.75) is 27.7 Å². The zero-order valence-electron chi connectivity index (χ0n) is 8.60. The molecule has 0 saturated heterocycles. The van der Waals surface area contributed by atoms with E-state index in [1.165, 1.54) is 11.4 Å². The van der Waals surface area contributed by atoms with Gasteiger partial charge in [-0.2, -0.15) is 0 Å². The van der Waals surface area contributed by atoms with E-state index in [-0.39, 0.29) is 0 Å². The maximum Gasteiger partial charge on any atom is 0.0539 e. The minimum Gasteiger partial charge on any atom is -0.306 e. The predicted molar refractivity (Wildman–Crippen MR) is 50.7 cm³/mol. The Balaban J connectivity index is 2.90. The lowest BCUT2D eigenvalue weighted by Gasteiger charge is -2.18. The van der Waals surface area contributed by atoms with Gasteiger partial charge in [0.2, 0.25) is 0 Å². The van der Waals surface area contributed by atoms with Crippen LogP contribution in [0.2, 0.25) is 0 Å². The molecule has 1 heterocycles. The third-order valence-electron chi connectivity index (χ3n) is 2.12. The van der Waals surface area contributed by atoms with Gasteiger partial charge in [0.15, 0.2) is 0 Å². The second kappa shape index (κ2) is 3.35. The average molecular weight is 169 g/mol. The fourth-order valence-electron chi connectivity index (χ4n) is 1.59. The molecule has 12 heavy (non-hydrogen) atoms. The Labute approximate surface area is 74.8 Å². The molecule has 0 aromatic rings. The number of nitrogens with one attached hydrogen (secondary N) is 2. The second-order valence-corrected chi connectivity index (χ2v) is 3.90. The second-order valence-electron chi connectivity index (χ2n) is 3.90. The van der Waals surface area contributed by atoms with Gasteiger partial charge in [0.25, 0.3) is 0 Å². The molecule has 2 N–H and O–H groups in total. The van der Waals surface area contributed by atoms with Crippen molar-refractivity contribution in [1.82, 2.24) is 16.0 Å². The monoisotopic (exact) mass is 169 g/mol. The van der Waals surface area contributed by atoms with Crippen molar-refractivity contribution < 1.29 is 0 Å². The van der Waals surface area contributed by atoms with Gasteiger partial charge in [-0.05, 0) is 11.8 Å². The first-order chi connectivity index (χ1) is 5.54. The quantitative estimate of drug-likeness (QED) is 0.655. The Bertz CT molecular complexity index is 194. The molecule has 0 radical (unpaired) electrons. The first-order valence-corrected chi connectivity index (χ1v) is 4.53. The number of rotatable bonds is 2. The summed E-state index contributed by atoms with van der Waals surface area (Å²) in [5.74, 6) is 1.12. The molecule has 0 aromatic heterocycles. The summed E-state index contributed by atoms with van der Waals surface area (Å²) in [6.07, 6.45) is 0. The van der Waals surface area contributed by atoms with Gasteiger partial charge in [-0.3, -0.25) is 5.01 Å². The predicted octanol–water partition coefficient (Wildman–Crippen LogP) is 1.46. The molecule has 1 aliphatic heterocycles. The van der Waals surface area contributed by atoms with Crippen LogP contribution >= 0.6 is 0 Å². The molecule has 0 bridgehead atoms. The summed E-state index contributed by atoms with van der Waals surface area (Å²) in [7, 11) is 2.04. The van der Waals surface area contributed by atoms with Crippen LogP contribution in [0, 0.1) is 11.8 Å². The first kappa shape index (κ1) is 9.39. The van der Waals surface area contributed by atoms with Gasteiger partial charge in [0, 0.05) is 7.05 Å². The number of nitrogens with zero attached hydrogens (tertiary/aromatic N) is 1. The van der Waals surface area contributed by atoms with Crippen LogP contribution in [-0.2, 0) is 0 Å². The van der Waals surface area contributed by atoms with E-state index in [1.807, 2.05) is 7.05 Å². The maximum atomic E-state index is 3.19. The fraction of sp³-hybridized carbons (Fsp3) is 0.778. The topological polar surface area (TPSA) is 27.3 Å². The molecule has 0 aromatic carbocycles. The van der Waals surface area contributed by atoms with Crippen molar-refractivity contribution in [3.63, 3.8) is 0 Å². The molecule has 0 fully saturated rings. The van der Waals surface area contributed by atoms with Crippen LogP contribution in [0.5, 0.6) is 0 Å². The van der Waals surface area contributed by atoms with E-state index in [4.69, 9.17) is 0 Å². The van der Waals surface area contributed by atoms with Gasteiger partial charge in [-0.25, -0.2) is 0 Å². The molecule has 0 saturated carbocycles. The number of hydrogen-bond donors (Lipinski definition) is 2. The van der Waals surface area contributed by atoms with Crippen molar-refractivity contribution in [2.75, 3.05) is 7.05 Å². The van der Waals surface area contributed by atoms with Crippen molar-refractivity contribution in [3.8, 4) is 0 Å². The molecule has 0 spiro atoms. The molecule has 0 atom stereocenters. The summed E-state index contributed by atoms with van der Waals surface area (Å²) in [5.41, 5.74) is 8.96. The molecule has 0 aliphatic carbocycles. The smallest absolute Gasteiger partial charge is 0.0539 e. The van der Waals surface area contributed by atoms with E-state index in [0.29, 0.717) is 11.8 Å². The molecule has 3 nitrogen and oxygen atoms in total. The van der Waals surface area contributed by atoms with E-state index < -0.39 is 0 Å². The normalized spacial score (nSPS) is 18.1. The Morgan fingerprint density at radius 1 is 1.08 bits per heavy atom. The Morgan fingerprint density at radius 2 is 1.67 bits per heavy atom. The zero-order valence-corrected chi connectivity index (χ0v) is 8.60. The van der Waals surface area contributed by atoms with E-state index in [1.54, 1.807) is 0 Å². The van der Waals surface area contributed by atoms with Crippen LogP contribution < -0.4 is 11.0 Å². The van der Waals surface area contributed by atoms with E-state index >= 15 is 0 Å². The Hall–Kier alpha value is -0.700. The highest BCUT2D eigenvalue weighted by molar-refractivity contribution is 5.17. The van der Waals surface area contributed by atoms with Crippen molar-refractivity contribution >= 4 is 0 Å². The van der Waals surface area contributed by atoms with Gasteiger partial charge in [0.1, 0.15) is 0 Å². The SMILES string of the molecule is CC(C)C1=C(C(C)C)N(C)NN1. The minimum atomic E-state index is 0.555. The van der Waals surface area contributed by atoms with Gasteiger partial charge in [-0.1, -0.05) is 27.7 Å². The summed E-state index contributed by atoms with van der Waals surface area (Å²) < 4.78 is 0. The molecular weight excluding hydrogens is 150 g/mol. The molecule has 3 heteroatoms. The van der Waals surface area contributed by atoms with Crippen LogP contribution in [-0.4, -0.2) is 12.1 Å². The Kier molecular flexibility index (Phi) is 2.62. The zero-order chi connectivity index (χ0) is 9.30. The van der Waals surface area contributed by atoms with Crippen molar-refractivity contribution in [2.24, 2.45) is 11.8 Å². The fourth-order valence-corrected chi connectivity index (χ4v) is 1.59. The largest absolute Gasteiger partial charge is 0.306 e. The van der Waals surface area contributed by atoms with Crippen LogP contribution in [0.15, 0.2) is 11.4 Å². The highest BCUT2D eigenvalue weighted by Gasteiger charge is 2.22. The van der Waals surface area contributed by atoms with Crippen molar-refractivity contribution in [3.05, 3.63) is 11.4 Å². The van der Waals surface area contributed by atoms with Crippen LogP contribution in [0.25, 0.3) is 0 Å². The number of hydrazine groups is 2. The lowest BCUT2D eigenvalue weighted by Crippen LogP contribution is -2.35. The van der Waals surface area contributed by atoms with Gasteiger partial charge >= 0.3 is 0 Å². The lowest BCUT2D eigenvalue weighted by molar-refractivity contribution is 0.283. The summed E-state index contributed by atoms with van der Waals surface area (Å²) in [5, 5.41) is 2.06. The highest BCUT2D eigenvalue weighted by atomic mass is 15.7. The highest BCUT2D eigenvalue weighted by Crippen LogP contribution is 2.23. The maximum absolute atomic E-state index is 3.19. The lowest BCUT2D eigenvalue weighted by atomic mass is 10.0. The molecule has 70 valence electrons. The van der Waals surface area contributed by atoms with E-state index in [2.05, 4.69) is 43.7 Å². The molecule has 1 aliphatic rings. The van der Waals surface area contributed by atoms with Crippen LogP contribution in [0.3, 0.4) is 0 Å². The van der Waals surface area contributed by atoms with Crippen molar-refractivity contribution in [1.29, 1.82) is 0 Å². The van der Waals surface area contributed by atoms with Gasteiger partial charge < -0.3 is 5.43 Å². The third kappa shape index (κ3) is 1.55.